The van der Waals surface area contributed by atoms with Gasteiger partial charge in [0.05, 0.1) is 19.0 Å². The lowest BCUT2D eigenvalue weighted by Gasteiger charge is -2.33. The Kier molecular flexibility index (Phi) is 7.34. The summed E-state index contributed by atoms with van der Waals surface area (Å²) in [6, 6.07) is 20.2. The molecule has 1 amide bonds. The van der Waals surface area contributed by atoms with Gasteiger partial charge in [-0.1, -0.05) is 69.3 Å². The van der Waals surface area contributed by atoms with Crippen LogP contribution in [0.2, 0.25) is 0 Å². The highest BCUT2D eigenvalue weighted by atomic mass is 16.5. The van der Waals surface area contributed by atoms with Crippen molar-refractivity contribution in [2.24, 2.45) is 0 Å². The van der Waals surface area contributed by atoms with E-state index >= 15 is 0 Å². The van der Waals surface area contributed by atoms with Gasteiger partial charge in [0.2, 0.25) is 5.91 Å². The number of hydrogen-bond acceptors (Lipinski definition) is 4. The zero-order chi connectivity index (χ0) is 26.7. The molecule has 5 rings (SSSR count). The zero-order valence-corrected chi connectivity index (χ0v) is 22.5. The minimum atomic E-state index is -0.319. The summed E-state index contributed by atoms with van der Waals surface area (Å²) in [6.45, 7) is 10.3. The number of para-hydroxylation sites is 1. The SMILES string of the molecule is CC(=O)NC1c2ccccc2Oc2cccc(-c3c(COCCCn4ccnc4)cccc3C(C)(C)C)c21. The number of fused-ring (bicyclic) bond motifs is 2. The number of nitrogens with zero attached hydrogens (tertiary/aromatic N) is 2. The predicted molar refractivity (Wildman–Crippen MR) is 149 cm³/mol. The maximum absolute atomic E-state index is 12.4. The van der Waals surface area contributed by atoms with Gasteiger partial charge in [0.25, 0.3) is 0 Å². The van der Waals surface area contributed by atoms with Gasteiger partial charge < -0.3 is 19.4 Å². The molecule has 4 aromatic rings. The van der Waals surface area contributed by atoms with Crippen molar-refractivity contribution in [3.63, 3.8) is 0 Å². The molecule has 0 fully saturated rings. The Hall–Kier alpha value is -3.90. The Balaban J connectivity index is 1.55. The fourth-order valence-electron chi connectivity index (χ4n) is 5.20. The van der Waals surface area contributed by atoms with Crippen LogP contribution in [0, 0.1) is 0 Å². The Bertz CT molecular complexity index is 1420. The molecule has 6 heteroatoms. The lowest BCUT2D eigenvalue weighted by molar-refractivity contribution is -0.119. The fraction of sp³-hybridized carbons (Fsp3) is 0.312. The van der Waals surface area contributed by atoms with Crippen molar-refractivity contribution in [3.05, 3.63) is 102 Å². The number of ether oxygens (including phenoxy) is 2. The molecule has 1 atom stereocenters. The number of carbonyl (C=O) groups excluding carboxylic acids is 1. The van der Waals surface area contributed by atoms with Crippen molar-refractivity contribution in [2.45, 2.75) is 58.7 Å². The normalized spacial score (nSPS) is 14.4. The summed E-state index contributed by atoms with van der Waals surface area (Å²) in [5.74, 6) is 1.44. The van der Waals surface area contributed by atoms with Crippen LogP contribution in [0.4, 0.5) is 0 Å². The number of benzene rings is 3. The van der Waals surface area contributed by atoms with Gasteiger partial charge in [-0.05, 0) is 46.2 Å². The van der Waals surface area contributed by atoms with E-state index in [2.05, 4.69) is 59.9 Å². The number of rotatable bonds is 8. The predicted octanol–water partition coefficient (Wildman–Crippen LogP) is 6.79. The molecule has 0 saturated carbocycles. The molecule has 0 saturated heterocycles. The van der Waals surface area contributed by atoms with Gasteiger partial charge in [-0.25, -0.2) is 4.98 Å². The summed E-state index contributed by atoms with van der Waals surface area (Å²) < 4.78 is 14.6. The summed E-state index contributed by atoms with van der Waals surface area (Å²) in [5, 5.41) is 3.20. The highest BCUT2D eigenvalue weighted by Gasteiger charge is 2.32. The minimum absolute atomic E-state index is 0.0852. The second kappa shape index (κ2) is 10.8. The van der Waals surface area contributed by atoms with Crippen molar-refractivity contribution in [2.75, 3.05) is 6.61 Å². The summed E-state index contributed by atoms with van der Waals surface area (Å²) in [6.07, 6.45) is 6.49. The molecule has 3 aromatic carbocycles. The van der Waals surface area contributed by atoms with Crippen LogP contribution in [-0.4, -0.2) is 22.1 Å². The van der Waals surface area contributed by atoms with Crippen LogP contribution >= 0.6 is 0 Å². The van der Waals surface area contributed by atoms with Gasteiger partial charge in [0.15, 0.2) is 0 Å². The van der Waals surface area contributed by atoms with E-state index in [4.69, 9.17) is 9.47 Å². The Morgan fingerprint density at radius 1 is 1.05 bits per heavy atom. The number of carbonyl (C=O) groups is 1. The average molecular weight is 510 g/mol. The molecule has 0 bridgehead atoms. The van der Waals surface area contributed by atoms with E-state index in [-0.39, 0.29) is 17.4 Å². The third-order valence-corrected chi connectivity index (χ3v) is 6.90. The van der Waals surface area contributed by atoms with E-state index < -0.39 is 0 Å². The van der Waals surface area contributed by atoms with Crippen LogP contribution in [-0.2, 0) is 28.1 Å². The maximum Gasteiger partial charge on any atom is 0.217 e. The molecule has 1 aliphatic heterocycles. The third-order valence-electron chi connectivity index (χ3n) is 6.90. The molecule has 0 radical (unpaired) electrons. The summed E-state index contributed by atoms with van der Waals surface area (Å²) in [5.41, 5.74) is 6.36. The standard InChI is InChI=1S/C32H35N3O3/c1-22(36)34-31-24-11-5-6-14-27(24)38-28-15-8-12-25(30(28)31)29-23(10-7-13-26(29)32(2,3)4)20-37-19-9-17-35-18-16-33-21-35/h5-8,10-16,18,21,31H,9,17,19-20H2,1-4H3,(H,34,36). The number of amides is 1. The number of hydrogen-bond donors (Lipinski definition) is 1. The van der Waals surface area contributed by atoms with Gasteiger partial charge in [-0.2, -0.15) is 0 Å². The number of nitrogens with one attached hydrogen (secondary N) is 1. The minimum Gasteiger partial charge on any atom is -0.457 e. The second-order valence-corrected chi connectivity index (χ2v) is 10.8. The van der Waals surface area contributed by atoms with E-state index in [1.165, 1.54) is 5.56 Å². The fourth-order valence-corrected chi connectivity index (χ4v) is 5.20. The monoisotopic (exact) mass is 509 g/mol. The van der Waals surface area contributed by atoms with Gasteiger partial charge >= 0.3 is 0 Å². The van der Waals surface area contributed by atoms with Crippen LogP contribution in [0.1, 0.15) is 62.4 Å². The molecule has 38 heavy (non-hydrogen) atoms. The summed E-state index contributed by atoms with van der Waals surface area (Å²) >= 11 is 0. The van der Waals surface area contributed by atoms with Crippen LogP contribution in [0.3, 0.4) is 0 Å². The molecule has 196 valence electrons. The Morgan fingerprint density at radius 2 is 1.84 bits per heavy atom. The summed E-state index contributed by atoms with van der Waals surface area (Å²) in [4.78, 5) is 16.5. The van der Waals surface area contributed by atoms with Gasteiger partial charge in [-0.3, -0.25) is 4.79 Å². The van der Waals surface area contributed by atoms with Crippen molar-refractivity contribution in [1.82, 2.24) is 14.9 Å². The zero-order valence-electron chi connectivity index (χ0n) is 22.5. The van der Waals surface area contributed by atoms with Gasteiger partial charge in [0.1, 0.15) is 11.5 Å². The van der Waals surface area contributed by atoms with Gasteiger partial charge in [0, 0.05) is 43.6 Å². The van der Waals surface area contributed by atoms with E-state index in [9.17, 15) is 4.79 Å². The first-order chi connectivity index (χ1) is 18.3. The lowest BCUT2D eigenvalue weighted by Crippen LogP contribution is -2.30. The Labute approximate surface area is 224 Å². The van der Waals surface area contributed by atoms with Crippen molar-refractivity contribution >= 4 is 5.91 Å². The average Bonchev–Trinajstić information content (AvgIpc) is 3.41. The first kappa shape index (κ1) is 25.7. The summed E-state index contributed by atoms with van der Waals surface area (Å²) in [7, 11) is 0. The maximum atomic E-state index is 12.4. The number of imidazole rings is 1. The van der Waals surface area contributed by atoms with Crippen LogP contribution in [0.25, 0.3) is 11.1 Å². The smallest absolute Gasteiger partial charge is 0.217 e. The van der Waals surface area contributed by atoms with E-state index in [1.54, 1.807) is 13.1 Å². The lowest BCUT2D eigenvalue weighted by atomic mass is 9.77. The second-order valence-electron chi connectivity index (χ2n) is 10.8. The molecule has 1 unspecified atom stereocenters. The van der Waals surface area contributed by atoms with Crippen molar-refractivity contribution < 1.29 is 14.3 Å². The quantitative estimate of drug-likeness (QED) is 0.266. The topological polar surface area (TPSA) is 65.4 Å². The molecule has 1 N–H and O–H groups in total. The van der Waals surface area contributed by atoms with Gasteiger partial charge in [-0.15, -0.1) is 0 Å². The van der Waals surface area contributed by atoms with Crippen molar-refractivity contribution in [3.8, 4) is 22.6 Å². The molecule has 0 spiro atoms. The largest absolute Gasteiger partial charge is 0.457 e. The molecular weight excluding hydrogens is 474 g/mol. The van der Waals surface area contributed by atoms with Crippen LogP contribution in [0.15, 0.2) is 79.4 Å². The van der Waals surface area contributed by atoms with Crippen LogP contribution < -0.4 is 10.1 Å². The van der Waals surface area contributed by atoms with E-state index in [0.717, 1.165) is 52.3 Å². The Morgan fingerprint density at radius 3 is 2.61 bits per heavy atom. The highest BCUT2D eigenvalue weighted by molar-refractivity contribution is 5.81. The molecule has 1 aliphatic rings. The molecule has 2 heterocycles. The van der Waals surface area contributed by atoms with Crippen molar-refractivity contribution in [1.29, 1.82) is 0 Å². The van der Waals surface area contributed by atoms with E-state index in [1.807, 2.05) is 48.9 Å². The molecular formula is C32H35N3O3. The molecule has 6 nitrogen and oxygen atoms in total. The molecule has 1 aromatic heterocycles. The first-order valence-electron chi connectivity index (χ1n) is 13.2. The molecule has 0 aliphatic carbocycles. The first-order valence-corrected chi connectivity index (χ1v) is 13.2. The number of aromatic nitrogens is 2. The highest BCUT2D eigenvalue weighted by Crippen LogP contribution is 2.49. The number of aryl methyl sites for hydroxylation is 1. The van der Waals surface area contributed by atoms with E-state index in [0.29, 0.717) is 13.2 Å². The van der Waals surface area contributed by atoms with Crippen LogP contribution in [0.5, 0.6) is 11.5 Å². The third kappa shape index (κ3) is 5.36.